The van der Waals surface area contributed by atoms with E-state index in [-0.39, 0.29) is 10.8 Å². The Kier molecular flexibility index (Phi) is 6.90. The van der Waals surface area contributed by atoms with E-state index >= 15 is 0 Å². The fourth-order valence-corrected chi connectivity index (χ4v) is 6.85. The minimum Gasteiger partial charge on any atom is -0.296 e. The van der Waals surface area contributed by atoms with E-state index < -0.39 is 0 Å². The first-order valence-corrected chi connectivity index (χ1v) is 14.9. The molecule has 5 rings (SSSR count). The number of hydrogen-bond acceptors (Lipinski definition) is 1. The van der Waals surface area contributed by atoms with E-state index in [1.807, 2.05) is 0 Å². The van der Waals surface area contributed by atoms with Gasteiger partial charge in [-0.15, -0.1) is 0 Å². The van der Waals surface area contributed by atoms with Crippen molar-refractivity contribution in [2.75, 3.05) is 0 Å². The second kappa shape index (κ2) is 9.81. The Bertz CT molecular complexity index is 1530. The summed E-state index contributed by atoms with van der Waals surface area (Å²) < 4.78 is 2.58. The lowest BCUT2D eigenvalue weighted by Gasteiger charge is -2.34. The minimum absolute atomic E-state index is 0.0229. The number of imidazole rings is 1. The van der Waals surface area contributed by atoms with E-state index in [1.165, 1.54) is 55.9 Å². The maximum Gasteiger partial charge on any atom is 0.144 e. The molecule has 0 saturated carbocycles. The molecule has 3 aromatic carbocycles. The summed E-state index contributed by atoms with van der Waals surface area (Å²) in [5, 5.41) is 0. The summed E-state index contributed by atoms with van der Waals surface area (Å²) in [6.07, 6.45) is 4.31. The predicted molar refractivity (Wildman–Crippen MR) is 167 cm³/mol. The number of hydrogen-bond donors (Lipinski definition) is 0. The van der Waals surface area contributed by atoms with Crippen LogP contribution in [0.2, 0.25) is 0 Å². The molecule has 0 aliphatic heterocycles. The van der Waals surface area contributed by atoms with Crippen LogP contribution in [0.1, 0.15) is 121 Å². The summed E-state index contributed by atoms with van der Waals surface area (Å²) in [6.45, 7) is 23.5. The van der Waals surface area contributed by atoms with E-state index in [9.17, 15) is 0 Å². The molecule has 0 bridgehead atoms. The van der Waals surface area contributed by atoms with Crippen molar-refractivity contribution in [3.63, 3.8) is 0 Å². The third-order valence-corrected chi connectivity index (χ3v) is 9.52. The van der Waals surface area contributed by atoms with E-state index in [0.29, 0.717) is 11.8 Å². The van der Waals surface area contributed by atoms with Gasteiger partial charge in [-0.2, -0.15) is 0 Å². The van der Waals surface area contributed by atoms with Gasteiger partial charge in [-0.25, -0.2) is 4.98 Å². The van der Waals surface area contributed by atoms with Gasteiger partial charge in [-0.3, -0.25) is 4.57 Å². The highest BCUT2D eigenvalue weighted by Gasteiger charge is 2.41. The molecule has 2 heteroatoms. The highest BCUT2D eigenvalue weighted by Crippen LogP contribution is 2.54. The minimum atomic E-state index is -0.0706. The standard InChI is InChI=1S/C37H46N2/c1-11-37(10,12-2)31-22-38-35(26-17-15-16-25(7)20-26)39(31)34-28(23(3)4)21-29-27-18-13-14-19-30(27)36(8,9)33(29)32(34)24(5)6/h13-24H,11-12H2,1-10H3. The lowest BCUT2D eigenvalue weighted by atomic mass is 9.75. The van der Waals surface area contributed by atoms with Crippen LogP contribution < -0.4 is 0 Å². The van der Waals surface area contributed by atoms with Crippen molar-refractivity contribution in [3.8, 4) is 28.2 Å². The molecule has 2 nitrogen and oxygen atoms in total. The first-order valence-electron chi connectivity index (χ1n) is 14.9. The first-order chi connectivity index (χ1) is 18.5. The van der Waals surface area contributed by atoms with Crippen LogP contribution >= 0.6 is 0 Å². The molecular formula is C37H46N2. The van der Waals surface area contributed by atoms with Crippen molar-refractivity contribution in [3.05, 3.63) is 94.3 Å². The van der Waals surface area contributed by atoms with Gasteiger partial charge >= 0.3 is 0 Å². The third-order valence-electron chi connectivity index (χ3n) is 9.52. The lowest BCUT2D eigenvalue weighted by Crippen LogP contribution is -2.26. The number of rotatable bonds is 7. The molecule has 0 unspecified atom stereocenters. The van der Waals surface area contributed by atoms with E-state index in [2.05, 4.69) is 135 Å². The number of aromatic nitrogens is 2. The summed E-state index contributed by atoms with van der Waals surface area (Å²) in [5.74, 6) is 1.78. The van der Waals surface area contributed by atoms with Crippen molar-refractivity contribution in [1.29, 1.82) is 0 Å². The molecule has 0 fully saturated rings. The molecule has 1 aliphatic rings. The quantitative estimate of drug-likeness (QED) is 0.238. The number of fused-ring (bicyclic) bond motifs is 3. The van der Waals surface area contributed by atoms with Gasteiger partial charge in [0.25, 0.3) is 0 Å². The molecule has 0 saturated heterocycles. The molecule has 0 amide bonds. The molecule has 0 atom stereocenters. The van der Waals surface area contributed by atoms with Crippen LogP contribution in [0.4, 0.5) is 0 Å². The third kappa shape index (κ3) is 4.19. The van der Waals surface area contributed by atoms with Crippen LogP contribution in [0.25, 0.3) is 28.2 Å². The van der Waals surface area contributed by atoms with Crippen molar-refractivity contribution >= 4 is 0 Å². The lowest BCUT2D eigenvalue weighted by molar-refractivity contribution is 0.419. The van der Waals surface area contributed by atoms with Crippen LogP contribution in [0.3, 0.4) is 0 Å². The monoisotopic (exact) mass is 518 g/mol. The second-order valence-electron chi connectivity index (χ2n) is 13.1. The smallest absolute Gasteiger partial charge is 0.144 e. The average molecular weight is 519 g/mol. The molecule has 1 heterocycles. The SMILES string of the molecule is CCC(C)(CC)c1cnc(-c2cccc(C)c2)n1-c1c(C(C)C)cc2c(c1C(C)C)C(C)(C)c1ccccc1-2. The van der Waals surface area contributed by atoms with Gasteiger partial charge < -0.3 is 0 Å². The molecule has 39 heavy (non-hydrogen) atoms. The Morgan fingerprint density at radius 1 is 0.872 bits per heavy atom. The predicted octanol–water partition coefficient (Wildman–Crippen LogP) is 10.5. The Morgan fingerprint density at radius 2 is 1.56 bits per heavy atom. The molecule has 0 N–H and O–H groups in total. The first kappa shape index (κ1) is 27.4. The fraction of sp³-hybridized carbons (Fsp3) is 0.432. The Balaban J connectivity index is 1.98. The topological polar surface area (TPSA) is 17.8 Å². The molecule has 0 radical (unpaired) electrons. The van der Waals surface area contributed by atoms with Gasteiger partial charge in [0.2, 0.25) is 0 Å². The Morgan fingerprint density at radius 3 is 2.18 bits per heavy atom. The van der Waals surface area contributed by atoms with Crippen LogP contribution in [0.15, 0.2) is 60.8 Å². The normalized spacial score (nSPS) is 14.3. The molecule has 4 aromatic rings. The van der Waals surface area contributed by atoms with Crippen molar-refractivity contribution < 1.29 is 0 Å². The Labute approximate surface area is 236 Å². The fourth-order valence-electron chi connectivity index (χ4n) is 6.85. The zero-order valence-electron chi connectivity index (χ0n) is 25.7. The molecular weight excluding hydrogens is 472 g/mol. The summed E-state index contributed by atoms with van der Waals surface area (Å²) in [5.41, 5.74) is 13.7. The maximum absolute atomic E-state index is 5.20. The van der Waals surface area contributed by atoms with E-state index in [4.69, 9.17) is 4.98 Å². The maximum atomic E-state index is 5.20. The largest absolute Gasteiger partial charge is 0.296 e. The zero-order chi connectivity index (χ0) is 28.3. The van der Waals surface area contributed by atoms with Gasteiger partial charge in [0, 0.05) is 28.3 Å². The summed E-state index contributed by atoms with van der Waals surface area (Å²) in [7, 11) is 0. The van der Waals surface area contributed by atoms with E-state index in [0.717, 1.165) is 18.7 Å². The summed E-state index contributed by atoms with van der Waals surface area (Å²) >= 11 is 0. The second-order valence-corrected chi connectivity index (χ2v) is 13.1. The molecule has 204 valence electrons. The van der Waals surface area contributed by atoms with Crippen LogP contribution in [-0.2, 0) is 10.8 Å². The van der Waals surface area contributed by atoms with Crippen LogP contribution in [0, 0.1) is 6.92 Å². The van der Waals surface area contributed by atoms with Crippen molar-refractivity contribution in [2.45, 2.75) is 105 Å². The highest BCUT2D eigenvalue weighted by molar-refractivity contribution is 5.85. The number of nitrogens with zero attached hydrogens (tertiary/aromatic N) is 2. The zero-order valence-corrected chi connectivity index (χ0v) is 25.7. The number of aryl methyl sites for hydroxylation is 1. The van der Waals surface area contributed by atoms with Crippen molar-refractivity contribution in [1.82, 2.24) is 9.55 Å². The highest BCUT2D eigenvalue weighted by atomic mass is 15.1. The van der Waals surface area contributed by atoms with Crippen molar-refractivity contribution in [2.24, 2.45) is 0 Å². The van der Waals surface area contributed by atoms with Crippen LogP contribution in [0.5, 0.6) is 0 Å². The molecule has 1 aliphatic carbocycles. The van der Waals surface area contributed by atoms with E-state index in [1.54, 1.807) is 0 Å². The van der Waals surface area contributed by atoms with Gasteiger partial charge in [0.05, 0.1) is 5.69 Å². The summed E-state index contributed by atoms with van der Waals surface area (Å²) in [4.78, 5) is 5.20. The molecule has 0 spiro atoms. The van der Waals surface area contributed by atoms with Gasteiger partial charge in [-0.1, -0.05) is 110 Å². The number of benzene rings is 3. The Hall–Kier alpha value is -3.13. The van der Waals surface area contributed by atoms with Gasteiger partial charge in [0.15, 0.2) is 0 Å². The molecule has 1 aromatic heterocycles. The van der Waals surface area contributed by atoms with Crippen LogP contribution in [-0.4, -0.2) is 9.55 Å². The van der Waals surface area contributed by atoms with Gasteiger partial charge in [-0.05, 0) is 77.1 Å². The average Bonchev–Trinajstić information content (AvgIpc) is 3.45. The summed E-state index contributed by atoms with van der Waals surface area (Å²) in [6, 6.07) is 20.4. The van der Waals surface area contributed by atoms with Gasteiger partial charge in [0.1, 0.15) is 5.82 Å².